The quantitative estimate of drug-likeness (QED) is 0.747. The first-order valence-electron chi connectivity index (χ1n) is 5.50. The van der Waals surface area contributed by atoms with Crippen molar-refractivity contribution in [3.05, 3.63) is 11.3 Å². The second kappa shape index (κ2) is 5.86. The van der Waals surface area contributed by atoms with Crippen molar-refractivity contribution in [3.63, 3.8) is 0 Å². The van der Waals surface area contributed by atoms with Crippen LogP contribution in [0, 0.1) is 6.92 Å². The Morgan fingerprint density at radius 3 is 2.81 bits per heavy atom. The molecule has 0 radical (unpaired) electrons. The van der Waals surface area contributed by atoms with Gasteiger partial charge in [-0.3, -0.25) is 0 Å². The fourth-order valence-corrected chi connectivity index (χ4v) is 1.71. The highest BCUT2D eigenvalue weighted by Crippen LogP contribution is 2.20. The topological polar surface area (TPSA) is 59.3 Å². The van der Waals surface area contributed by atoms with Crippen LogP contribution in [0.4, 0.5) is 0 Å². The monoisotopic (exact) mass is 227 g/mol. The van der Waals surface area contributed by atoms with Crippen molar-refractivity contribution < 1.29 is 9.84 Å². The first kappa shape index (κ1) is 13.0. The summed E-state index contributed by atoms with van der Waals surface area (Å²) in [5.74, 6) is 0.793. The number of hydrogen-bond acceptors (Lipinski definition) is 4. The summed E-state index contributed by atoms with van der Waals surface area (Å²) in [6, 6.07) is 0.286. The molecule has 0 saturated carbocycles. The highest BCUT2D eigenvalue weighted by molar-refractivity contribution is 5.30. The zero-order chi connectivity index (χ0) is 12.1. The fourth-order valence-electron chi connectivity index (χ4n) is 1.71. The van der Waals surface area contributed by atoms with Crippen LogP contribution in [0.25, 0.3) is 0 Å². The Kier molecular flexibility index (Phi) is 4.76. The number of nitrogens with zero attached hydrogens (tertiary/aromatic N) is 2. The van der Waals surface area contributed by atoms with Gasteiger partial charge in [0.2, 0.25) is 5.88 Å². The summed E-state index contributed by atoms with van der Waals surface area (Å²) in [4.78, 5) is 0. The zero-order valence-corrected chi connectivity index (χ0v) is 10.4. The molecule has 5 heteroatoms. The molecule has 0 bridgehead atoms. The van der Waals surface area contributed by atoms with Gasteiger partial charge in [-0.05, 0) is 20.3 Å². The number of ether oxygens (including phenoxy) is 1. The van der Waals surface area contributed by atoms with Crippen LogP contribution in [0.3, 0.4) is 0 Å². The molecule has 0 aliphatic carbocycles. The number of aromatic nitrogens is 2. The average Bonchev–Trinajstić information content (AvgIpc) is 2.50. The number of aryl methyl sites for hydroxylation is 2. The van der Waals surface area contributed by atoms with E-state index in [4.69, 9.17) is 9.84 Å². The SMILES string of the molecule is COc1c(CN[C@H](C)CCO)c(C)nn1C. The lowest BCUT2D eigenvalue weighted by Gasteiger charge is -2.12. The van der Waals surface area contributed by atoms with Gasteiger partial charge in [0.1, 0.15) is 0 Å². The third kappa shape index (κ3) is 2.96. The molecule has 16 heavy (non-hydrogen) atoms. The Morgan fingerprint density at radius 1 is 1.56 bits per heavy atom. The molecule has 0 saturated heterocycles. The van der Waals surface area contributed by atoms with E-state index in [1.54, 1.807) is 11.8 Å². The summed E-state index contributed by atoms with van der Waals surface area (Å²) in [5.41, 5.74) is 2.05. The van der Waals surface area contributed by atoms with E-state index in [0.717, 1.165) is 23.6 Å². The van der Waals surface area contributed by atoms with E-state index in [1.807, 2.05) is 20.9 Å². The van der Waals surface area contributed by atoms with E-state index in [1.165, 1.54) is 0 Å². The minimum atomic E-state index is 0.206. The zero-order valence-electron chi connectivity index (χ0n) is 10.4. The Bertz CT molecular complexity index is 336. The second-order valence-electron chi connectivity index (χ2n) is 3.99. The lowest BCUT2D eigenvalue weighted by molar-refractivity contribution is 0.268. The molecule has 0 aliphatic rings. The summed E-state index contributed by atoms with van der Waals surface area (Å²) in [7, 11) is 3.52. The molecule has 1 aromatic rings. The molecule has 5 nitrogen and oxygen atoms in total. The van der Waals surface area contributed by atoms with Crippen molar-refractivity contribution in [2.75, 3.05) is 13.7 Å². The van der Waals surface area contributed by atoms with Gasteiger partial charge in [0.15, 0.2) is 0 Å². The Balaban J connectivity index is 2.66. The average molecular weight is 227 g/mol. The summed E-state index contributed by atoms with van der Waals surface area (Å²) in [6.07, 6.45) is 0.752. The van der Waals surface area contributed by atoms with Gasteiger partial charge in [-0.2, -0.15) is 5.10 Å². The molecule has 1 heterocycles. The lowest BCUT2D eigenvalue weighted by Crippen LogP contribution is -2.26. The van der Waals surface area contributed by atoms with E-state index in [-0.39, 0.29) is 12.6 Å². The van der Waals surface area contributed by atoms with Crippen molar-refractivity contribution in [3.8, 4) is 5.88 Å². The summed E-state index contributed by atoms with van der Waals surface area (Å²) >= 11 is 0. The molecular weight excluding hydrogens is 206 g/mol. The molecule has 0 amide bonds. The molecule has 92 valence electrons. The largest absolute Gasteiger partial charge is 0.481 e. The minimum absolute atomic E-state index is 0.206. The molecule has 0 spiro atoms. The van der Waals surface area contributed by atoms with Crippen LogP contribution in [-0.2, 0) is 13.6 Å². The first-order valence-corrected chi connectivity index (χ1v) is 5.50. The van der Waals surface area contributed by atoms with E-state index in [9.17, 15) is 0 Å². The van der Waals surface area contributed by atoms with Crippen LogP contribution in [0.5, 0.6) is 5.88 Å². The maximum atomic E-state index is 8.81. The van der Waals surface area contributed by atoms with Crippen LogP contribution in [0.15, 0.2) is 0 Å². The van der Waals surface area contributed by atoms with Gasteiger partial charge < -0.3 is 15.2 Å². The summed E-state index contributed by atoms with van der Waals surface area (Å²) < 4.78 is 7.04. The van der Waals surface area contributed by atoms with Crippen molar-refractivity contribution in [2.45, 2.75) is 32.9 Å². The molecule has 0 aromatic carbocycles. The van der Waals surface area contributed by atoms with Crippen LogP contribution < -0.4 is 10.1 Å². The van der Waals surface area contributed by atoms with Crippen LogP contribution in [-0.4, -0.2) is 34.6 Å². The minimum Gasteiger partial charge on any atom is -0.481 e. The third-order valence-electron chi connectivity index (χ3n) is 2.67. The highest BCUT2D eigenvalue weighted by atomic mass is 16.5. The van der Waals surface area contributed by atoms with Gasteiger partial charge in [0.05, 0.1) is 18.4 Å². The standard InChI is InChI=1S/C11H21N3O2/c1-8(5-6-15)12-7-10-9(2)13-14(3)11(10)16-4/h8,12,15H,5-7H2,1-4H3/t8-/m1/s1. The van der Waals surface area contributed by atoms with Gasteiger partial charge in [0, 0.05) is 26.2 Å². The van der Waals surface area contributed by atoms with E-state index < -0.39 is 0 Å². The number of hydrogen-bond donors (Lipinski definition) is 2. The summed E-state index contributed by atoms with van der Waals surface area (Å²) in [5, 5.41) is 16.5. The second-order valence-corrected chi connectivity index (χ2v) is 3.99. The molecule has 0 fully saturated rings. The number of methoxy groups -OCH3 is 1. The van der Waals surface area contributed by atoms with E-state index in [2.05, 4.69) is 10.4 Å². The number of rotatable bonds is 6. The van der Waals surface area contributed by atoms with Crippen molar-refractivity contribution in [1.82, 2.24) is 15.1 Å². The molecule has 0 unspecified atom stereocenters. The van der Waals surface area contributed by atoms with Gasteiger partial charge in [-0.15, -0.1) is 0 Å². The molecule has 0 aliphatic heterocycles. The maximum Gasteiger partial charge on any atom is 0.216 e. The molecule has 2 N–H and O–H groups in total. The van der Waals surface area contributed by atoms with Crippen molar-refractivity contribution >= 4 is 0 Å². The first-order chi connectivity index (χ1) is 7.60. The van der Waals surface area contributed by atoms with Crippen LogP contribution >= 0.6 is 0 Å². The molecule has 1 rings (SSSR count). The predicted octanol–water partition coefficient (Wildman–Crippen LogP) is 0.598. The third-order valence-corrected chi connectivity index (χ3v) is 2.67. The number of aliphatic hydroxyl groups excluding tert-OH is 1. The van der Waals surface area contributed by atoms with Crippen molar-refractivity contribution in [2.24, 2.45) is 7.05 Å². The molecular formula is C11H21N3O2. The lowest BCUT2D eigenvalue weighted by atomic mass is 10.2. The number of aliphatic hydroxyl groups is 1. The normalized spacial score (nSPS) is 12.8. The van der Waals surface area contributed by atoms with Gasteiger partial charge in [-0.25, -0.2) is 4.68 Å². The van der Waals surface area contributed by atoms with E-state index >= 15 is 0 Å². The van der Waals surface area contributed by atoms with Crippen LogP contribution in [0.2, 0.25) is 0 Å². The van der Waals surface area contributed by atoms with Gasteiger partial charge in [0.25, 0.3) is 0 Å². The maximum absolute atomic E-state index is 8.81. The Labute approximate surface area is 96.4 Å². The highest BCUT2D eigenvalue weighted by Gasteiger charge is 2.14. The van der Waals surface area contributed by atoms with Gasteiger partial charge >= 0.3 is 0 Å². The van der Waals surface area contributed by atoms with Gasteiger partial charge in [-0.1, -0.05) is 0 Å². The van der Waals surface area contributed by atoms with E-state index in [0.29, 0.717) is 6.54 Å². The Morgan fingerprint density at radius 2 is 2.25 bits per heavy atom. The fraction of sp³-hybridized carbons (Fsp3) is 0.727. The molecule has 1 aromatic heterocycles. The Hall–Kier alpha value is -1.07. The predicted molar refractivity (Wildman–Crippen MR) is 62.5 cm³/mol. The summed E-state index contributed by atoms with van der Waals surface area (Å²) in [6.45, 7) is 4.94. The van der Waals surface area contributed by atoms with Crippen LogP contribution in [0.1, 0.15) is 24.6 Å². The van der Waals surface area contributed by atoms with Crippen molar-refractivity contribution in [1.29, 1.82) is 0 Å². The number of nitrogens with one attached hydrogen (secondary N) is 1. The smallest absolute Gasteiger partial charge is 0.216 e. The molecule has 1 atom stereocenters.